The maximum atomic E-state index is 12.9. The van der Waals surface area contributed by atoms with Gasteiger partial charge >= 0.3 is 0 Å². The van der Waals surface area contributed by atoms with E-state index in [2.05, 4.69) is 24.3 Å². The number of nitrogens with zero attached hydrogens (tertiary/aromatic N) is 1. The fourth-order valence-electron chi connectivity index (χ4n) is 4.27. The first-order valence-corrected chi connectivity index (χ1v) is 10.3. The second-order valence-electron chi connectivity index (χ2n) is 7.93. The average molecular weight is 364 g/mol. The largest absolute Gasteiger partial charge is 0.376 e. The van der Waals surface area contributed by atoms with E-state index in [0.29, 0.717) is 12.5 Å². The average Bonchev–Trinajstić information content (AvgIpc) is 2.74. The van der Waals surface area contributed by atoms with Crippen molar-refractivity contribution in [3.05, 3.63) is 70.8 Å². The SMILES string of the molecule is O=C(c1ccc2c(c1)CCCC2)N1CCC(COCc2ccccc2)CC1. The summed E-state index contributed by atoms with van der Waals surface area (Å²) in [6, 6.07) is 16.7. The van der Waals surface area contributed by atoms with Crippen LogP contribution in [0.4, 0.5) is 0 Å². The van der Waals surface area contributed by atoms with Gasteiger partial charge in [-0.15, -0.1) is 0 Å². The second kappa shape index (κ2) is 8.71. The summed E-state index contributed by atoms with van der Waals surface area (Å²) in [6.45, 7) is 3.15. The summed E-state index contributed by atoms with van der Waals surface area (Å²) in [6.07, 6.45) is 6.88. The Labute approximate surface area is 162 Å². The Morgan fingerprint density at radius 1 is 0.963 bits per heavy atom. The van der Waals surface area contributed by atoms with E-state index in [-0.39, 0.29) is 5.91 Å². The molecule has 142 valence electrons. The highest BCUT2D eigenvalue weighted by atomic mass is 16.5. The Morgan fingerprint density at radius 2 is 1.70 bits per heavy atom. The van der Waals surface area contributed by atoms with E-state index in [1.165, 1.54) is 29.5 Å². The van der Waals surface area contributed by atoms with Crippen molar-refractivity contribution in [1.82, 2.24) is 4.90 Å². The van der Waals surface area contributed by atoms with Gasteiger partial charge in [0.15, 0.2) is 0 Å². The molecule has 0 atom stereocenters. The van der Waals surface area contributed by atoms with Crippen molar-refractivity contribution < 1.29 is 9.53 Å². The van der Waals surface area contributed by atoms with Crippen molar-refractivity contribution in [2.45, 2.75) is 45.1 Å². The van der Waals surface area contributed by atoms with Crippen molar-refractivity contribution in [3.8, 4) is 0 Å². The van der Waals surface area contributed by atoms with Crippen LogP contribution in [-0.4, -0.2) is 30.5 Å². The molecule has 1 amide bonds. The summed E-state index contributed by atoms with van der Waals surface area (Å²) in [5, 5.41) is 0. The number of likely N-dealkylation sites (tertiary alicyclic amines) is 1. The molecule has 1 aliphatic heterocycles. The van der Waals surface area contributed by atoms with Crippen LogP contribution in [0, 0.1) is 5.92 Å². The molecular weight excluding hydrogens is 334 g/mol. The highest BCUT2D eigenvalue weighted by Gasteiger charge is 2.24. The third kappa shape index (κ3) is 4.59. The standard InChI is InChI=1S/C24H29NO2/c26-24(23-11-10-21-8-4-5-9-22(21)16-23)25-14-12-20(13-15-25)18-27-17-19-6-2-1-3-7-19/h1-3,6-7,10-11,16,20H,4-5,8-9,12-15,17-18H2. The molecule has 0 radical (unpaired) electrons. The van der Waals surface area contributed by atoms with Gasteiger partial charge in [-0.05, 0) is 73.3 Å². The van der Waals surface area contributed by atoms with E-state index >= 15 is 0 Å². The summed E-state index contributed by atoms with van der Waals surface area (Å²) < 4.78 is 5.90. The minimum absolute atomic E-state index is 0.201. The lowest BCUT2D eigenvalue weighted by Gasteiger charge is -2.32. The molecule has 2 aromatic carbocycles. The molecular formula is C24H29NO2. The number of piperidine rings is 1. The minimum atomic E-state index is 0.201. The number of ether oxygens (including phenoxy) is 1. The van der Waals surface area contributed by atoms with Crippen molar-refractivity contribution in [3.63, 3.8) is 0 Å². The van der Waals surface area contributed by atoms with Gasteiger partial charge in [-0.3, -0.25) is 4.79 Å². The fraction of sp³-hybridized carbons (Fsp3) is 0.458. The van der Waals surface area contributed by atoms with Gasteiger partial charge in [0.05, 0.1) is 6.61 Å². The molecule has 4 rings (SSSR count). The van der Waals surface area contributed by atoms with Crippen molar-refractivity contribution in [1.29, 1.82) is 0 Å². The smallest absolute Gasteiger partial charge is 0.253 e. The first-order valence-electron chi connectivity index (χ1n) is 10.3. The van der Waals surface area contributed by atoms with Crippen LogP contribution in [0.1, 0.15) is 52.7 Å². The monoisotopic (exact) mass is 363 g/mol. The van der Waals surface area contributed by atoms with E-state index in [9.17, 15) is 4.79 Å². The first kappa shape index (κ1) is 18.2. The van der Waals surface area contributed by atoms with Crippen LogP contribution in [0.2, 0.25) is 0 Å². The van der Waals surface area contributed by atoms with Crippen LogP contribution in [0.25, 0.3) is 0 Å². The Kier molecular flexibility index (Phi) is 5.88. The molecule has 1 heterocycles. The molecule has 1 aliphatic carbocycles. The third-order valence-corrected chi connectivity index (χ3v) is 5.96. The number of benzene rings is 2. The fourth-order valence-corrected chi connectivity index (χ4v) is 4.27. The second-order valence-corrected chi connectivity index (χ2v) is 7.93. The van der Waals surface area contributed by atoms with Crippen molar-refractivity contribution in [2.24, 2.45) is 5.92 Å². The number of carbonyl (C=O) groups is 1. The van der Waals surface area contributed by atoms with Gasteiger partial charge in [-0.1, -0.05) is 36.4 Å². The van der Waals surface area contributed by atoms with Gasteiger partial charge in [0.1, 0.15) is 0 Å². The van der Waals surface area contributed by atoms with Crippen molar-refractivity contribution >= 4 is 5.91 Å². The lowest BCUT2D eigenvalue weighted by atomic mass is 9.90. The van der Waals surface area contributed by atoms with Crippen LogP contribution in [-0.2, 0) is 24.2 Å². The molecule has 0 N–H and O–H groups in total. The molecule has 3 nitrogen and oxygen atoms in total. The van der Waals surface area contributed by atoms with E-state index in [0.717, 1.165) is 50.9 Å². The van der Waals surface area contributed by atoms with Gasteiger partial charge < -0.3 is 9.64 Å². The van der Waals surface area contributed by atoms with Gasteiger partial charge in [0, 0.05) is 25.3 Å². The summed E-state index contributed by atoms with van der Waals surface area (Å²) in [5.41, 5.74) is 4.91. The van der Waals surface area contributed by atoms with Crippen LogP contribution in [0.3, 0.4) is 0 Å². The zero-order valence-corrected chi connectivity index (χ0v) is 16.0. The molecule has 0 saturated carbocycles. The van der Waals surface area contributed by atoms with E-state index < -0.39 is 0 Å². The van der Waals surface area contributed by atoms with E-state index in [4.69, 9.17) is 4.74 Å². The van der Waals surface area contributed by atoms with Crippen LogP contribution in [0.5, 0.6) is 0 Å². The maximum Gasteiger partial charge on any atom is 0.253 e. The number of hydrogen-bond acceptors (Lipinski definition) is 2. The highest BCUT2D eigenvalue weighted by molar-refractivity contribution is 5.94. The predicted molar refractivity (Wildman–Crippen MR) is 108 cm³/mol. The van der Waals surface area contributed by atoms with Gasteiger partial charge in [0.25, 0.3) is 5.91 Å². The first-order chi connectivity index (χ1) is 13.3. The number of carbonyl (C=O) groups excluding carboxylic acids is 1. The Balaban J connectivity index is 1.25. The molecule has 3 heteroatoms. The van der Waals surface area contributed by atoms with Crippen LogP contribution in [0.15, 0.2) is 48.5 Å². The van der Waals surface area contributed by atoms with Gasteiger partial charge in [-0.25, -0.2) is 0 Å². The van der Waals surface area contributed by atoms with Gasteiger partial charge in [-0.2, -0.15) is 0 Å². The highest BCUT2D eigenvalue weighted by Crippen LogP contribution is 2.24. The maximum absolute atomic E-state index is 12.9. The molecule has 0 aromatic heterocycles. The predicted octanol–water partition coefficient (Wildman–Crippen LogP) is 4.63. The summed E-state index contributed by atoms with van der Waals surface area (Å²) >= 11 is 0. The zero-order chi connectivity index (χ0) is 18.5. The molecule has 2 aromatic rings. The number of hydrogen-bond donors (Lipinski definition) is 0. The lowest BCUT2D eigenvalue weighted by Crippen LogP contribution is -2.39. The Morgan fingerprint density at radius 3 is 2.48 bits per heavy atom. The molecule has 27 heavy (non-hydrogen) atoms. The summed E-state index contributed by atoms with van der Waals surface area (Å²) in [7, 11) is 0. The summed E-state index contributed by atoms with van der Waals surface area (Å²) in [4.78, 5) is 14.9. The van der Waals surface area contributed by atoms with Crippen LogP contribution < -0.4 is 0 Å². The quantitative estimate of drug-likeness (QED) is 0.775. The molecule has 1 saturated heterocycles. The molecule has 0 unspecified atom stereocenters. The molecule has 0 spiro atoms. The van der Waals surface area contributed by atoms with E-state index in [1.54, 1.807) is 0 Å². The number of aryl methyl sites for hydroxylation is 2. The van der Waals surface area contributed by atoms with Gasteiger partial charge in [0.2, 0.25) is 0 Å². The zero-order valence-electron chi connectivity index (χ0n) is 16.0. The Hall–Kier alpha value is -2.13. The third-order valence-electron chi connectivity index (χ3n) is 5.96. The number of rotatable bonds is 5. The lowest BCUT2D eigenvalue weighted by molar-refractivity contribution is 0.0478. The topological polar surface area (TPSA) is 29.5 Å². The Bertz CT molecular complexity index is 763. The molecule has 1 fully saturated rings. The number of amides is 1. The van der Waals surface area contributed by atoms with Crippen molar-refractivity contribution in [2.75, 3.05) is 19.7 Å². The number of fused-ring (bicyclic) bond motifs is 1. The summed E-state index contributed by atoms with van der Waals surface area (Å²) in [5.74, 6) is 0.758. The normalized spacial score (nSPS) is 17.6. The molecule has 0 bridgehead atoms. The van der Waals surface area contributed by atoms with E-state index in [1.807, 2.05) is 29.2 Å². The van der Waals surface area contributed by atoms with Crippen LogP contribution >= 0.6 is 0 Å². The molecule has 2 aliphatic rings. The minimum Gasteiger partial charge on any atom is -0.376 e.